The van der Waals surface area contributed by atoms with Gasteiger partial charge in [-0.25, -0.2) is 4.79 Å². The van der Waals surface area contributed by atoms with Gasteiger partial charge in [-0.1, -0.05) is 19.1 Å². The summed E-state index contributed by atoms with van der Waals surface area (Å²) >= 11 is 0.757. The Balaban J connectivity index is 2.08. The first-order valence-corrected chi connectivity index (χ1v) is 8.80. The summed E-state index contributed by atoms with van der Waals surface area (Å²) in [6, 6.07) is 6.39. The third-order valence-corrected chi connectivity index (χ3v) is 4.61. The van der Waals surface area contributed by atoms with Crippen LogP contribution in [0.2, 0.25) is 0 Å². The summed E-state index contributed by atoms with van der Waals surface area (Å²) in [4.78, 5) is 48.7. The Kier molecular flexibility index (Phi) is 6.57. The molecule has 0 saturated carbocycles. The molecule has 0 aliphatic carbocycles. The molecule has 0 bridgehead atoms. The average Bonchev–Trinajstić information content (AvgIpc) is 2.88. The molecule has 1 aliphatic rings. The lowest BCUT2D eigenvalue weighted by molar-refractivity contribution is -0.150. The molecule has 1 aromatic rings. The predicted octanol–water partition coefficient (Wildman–Crippen LogP) is 2.85. The molecular weight excluding hydrogens is 358 g/mol. The third kappa shape index (κ3) is 4.72. The van der Waals surface area contributed by atoms with E-state index in [9.17, 15) is 19.2 Å². The molecule has 8 heteroatoms. The molecule has 1 heterocycles. The lowest BCUT2D eigenvalue weighted by atomic mass is 10.1. The van der Waals surface area contributed by atoms with Crippen LogP contribution in [0, 0.1) is 0 Å². The second-order valence-electron chi connectivity index (χ2n) is 5.59. The first-order valence-electron chi connectivity index (χ1n) is 7.99. The van der Waals surface area contributed by atoms with Crippen LogP contribution in [0.1, 0.15) is 36.2 Å². The minimum absolute atomic E-state index is 0.206. The number of amides is 2. The van der Waals surface area contributed by atoms with Crippen LogP contribution < -0.4 is 0 Å². The van der Waals surface area contributed by atoms with Crippen LogP contribution in [0.3, 0.4) is 0 Å². The largest absolute Gasteiger partial charge is 0.465 e. The van der Waals surface area contributed by atoms with Gasteiger partial charge in [0, 0.05) is 0 Å². The number of thioether (sulfide) groups is 1. The SMILES string of the molecule is CC[C@H](C)OC(=O)CN1C(=O)S/C(=C/c2ccc(C(=O)OC)cc2)C1=O. The number of ether oxygens (including phenoxy) is 2. The molecule has 2 amide bonds. The van der Waals surface area contributed by atoms with Gasteiger partial charge in [0.1, 0.15) is 6.54 Å². The molecule has 0 unspecified atom stereocenters. The number of benzene rings is 1. The van der Waals surface area contributed by atoms with Gasteiger partial charge < -0.3 is 9.47 Å². The fourth-order valence-electron chi connectivity index (χ4n) is 2.10. The number of nitrogens with zero attached hydrogens (tertiary/aromatic N) is 1. The molecule has 1 saturated heterocycles. The first kappa shape index (κ1) is 19.7. The molecule has 0 N–H and O–H groups in total. The molecule has 1 aromatic carbocycles. The summed E-state index contributed by atoms with van der Waals surface area (Å²) in [5.41, 5.74) is 1.02. The van der Waals surface area contributed by atoms with E-state index in [2.05, 4.69) is 4.74 Å². The summed E-state index contributed by atoms with van der Waals surface area (Å²) in [6.07, 6.45) is 1.91. The zero-order valence-corrected chi connectivity index (χ0v) is 15.5. The van der Waals surface area contributed by atoms with Crippen LogP contribution in [-0.2, 0) is 19.1 Å². The summed E-state index contributed by atoms with van der Waals surface area (Å²) < 4.78 is 9.72. The fourth-order valence-corrected chi connectivity index (χ4v) is 2.93. The molecule has 7 nitrogen and oxygen atoms in total. The van der Waals surface area contributed by atoms with Crippen molar-refractivity contribution in [3.05, 3.63) is 40.3 Å². The van der Waals surface area contributed by atoms with E-state index < -0.39 is 29.6 Å². The molecule has 2 rings (SSSR count). The summed E-state index contributed by atoms with van der Waals surface area (Å²) in [6.45, 7) is 3.20. The number of methoxy groups -OCH3 is 1. The predicted molar refractivity (Wildman–Crippen MR) is 96.3 cm³/mol. The Labute approximate surface area is 155 Å². The highest BCUT2D eigenvalue weighted by Crippen LogP contribution is 2.32. The average molecular weight is 377 g/mol. The van der Waals surface area contributed by atoms with Crippen molar-refractivity contribution in [3.63, 3.8) is 0 Å². The lowest BCUT2D eigenvalue weighted by Gasteiger charge is -2.14. The fraction of sp³-hybridized carbons (Fsp3) is 0.333. The van der Waals surface area contributed by atoms with Gasteiger partial charge in [-0.3, -0.25) is 19.3 Å². The van der Waals surface area contributed by atoms with Crippen molar-refractivity contribution in [3.8, 4) is 0 Å². The van der Waals surface area contributed by atoms with Gasteiger partial charge in [-0.2, -0.15) is 0 Å². The van der Waals surface area contributed by atoms with E-state index in [1.807, 2.05) is 6.92 Å². The van der Waals surface area contributed by atoms with Gasteiger partial charge >= 0.3 is 11.9 Å². The summed E-state index contributed by atoms with van der Waals surface area (Å²) in [5.74, 6) is -1.62. The van der Waals surface area contributed by atoms with Gasteiger partial charge in [-0.05, 0) is 48.9 Å². The highest BCUT2D eigenvalue weighted by atomic mass is 32.2. The van der Waals surface area contributed by atoms with Gasteiger partial charge in [-0.15, -0.1) is 0 Å². The van der Waals surface area contributed by atoms with Crippen molar-refractivity contribution >= 4 is 40.9 Å². The van der Waals surface area contributed by atoms with Crippen LogP contribution in [0.15, 0.2) is 29.2 Å². The van der Waals surface area contributed by atoms with E-state index in [4.69, 9.17) is 4.74 Å². The molecule has 1 aliphatic heterocycles. The van der Waals surface area contributed by atoms with Gasteiger partial charge in [0.25, 0.3) is 11.1 Å². The number of carbonyl (C=O) groups is 4. The minimum atomic E-state index is -0.620. The van der Waals surface area contributed by atoms with E-state index in [1.165, 1.54) is 13.2 Å². The van der Waals surface area contributed by atoms with E-state index in [0.29, 0.717) is 17.5 Å². The van der Waals surface area contributed by atoms with E-state index in [0.717, 1.165) is 16.7 Å². The smallest absolute Gasteiger partial charge is 0.337 e. The van der Waals surface area contributed by atoms with Crippen molar-refractivity contribution in [2.24, 2.45) is 0 Å². The van der Waals surface area contributed by atoms with Crippen LogP contribution in [0.4, 0.5) is 4.79 Å². The van der Waals surface area contributed by atoms with Crippen molar-refractivity contribution in [1.29, 1.82) is 0 Å². The Bertz CT molecular complexity index is 755. The van der Waals surface area contributed by atoms with Gasteiger partial charge in [0.15, 0.2) is 0 Å². The number of esters is 2. The van der Waals surface area contributed by atoms with Gasteiger partial charge in [0.2, 0.25) is 0 Å². The Hall–Kier alpha value is -2.61. The number of imide groups is 1. The second kappa shape index (κ2) is 8.66. The van der Waals surface area contributed by atoms with Gasteiger partial charge in [0.05, 0.1) is 23.7 Å². The Morgan fingerprint density at radius 2 is 1.88 bits per heavy atom. The minimum Gasteiger partial charge on any atom is -0.465 e. The van der Waals surface area contributed by atoms with E-state index in [-0.39, 0.29) is 11.0 Å². The third-order valence-electron chi connectivity index (χ3n) is 3.70. The zero-order valence-electron chi connectivity index (χ0n) is 14.7. The molecular formula is C18H19NO6S. The molecule has 0 radical (unpaired) electrons. The Morgan fingerprint density at radius 3 is 2.46 bits per heavy atom. The molecule has 1 fully saturated rings. The maximum atomic E-state index is 12.4. The van der Waals surface area contributed by atoms with Crippen LogP contribution >= 0.6 is 11.8 Å². The summed E-state index contributed by atoms with van der Waals surface area (Å²) in [7, 11) is 1.29. The molecule has 138 valence electrons. The first-order chi connectivity index (χ1) is 12.3. The highest BCUT2D eigenvalue weighted by molar-refractivity contribution is 8.18. The molecule has 0 aromatic heterocycles. The molecule has 0 spiro atoms. The van der Waals surface area contributed by atoms with Crippen LogP contribution in [-0.4, -0.2) is 47.7 Å². The standard InChI is InChI=1S/C18H19NO6S/c1-4-11(2)25-15(20)10-19-16(21)14(26-18(19)23)9-12-5-7-13(8-6-12)17(22)24-3/h5-9,11H,4,10H2,1-3H3/b14-9+/t11-/m0/s1. The van der Waals surface area contributed by atoms with Crippen molar-refractivity contribution in [2.45, 2.75) is 26.4 Å². The Morgan fingerprint density at radius 1 is 1.23 bits per heavy atom. The number of hydrogen-bond acceptors (Lipinski definition) is 7. The number of carbonyl (C=O) groups excluding carboxylic acids is 4. The van der Waals surface area contributed by atoms with E-state index in [1.54, 1.807) is 31.2 Å². The van der Waals surface area contributed by atoms with E-state index >= 15 is 0 Å². The monoisotopic (exact) mass is 377 g/mol. The second-order valence-corrected chi connectivity index (χ2v) is 6.58. The summed E-state index contributed by atoms with van der Waals surface area (Å²) in [5, 5.41) is -0.520. The highest BCUT2D eigenvalue weighted by Gasteiger charge is 2.36. The zero-order chi connectivity index (χ0) is 19.3. The topological polar surface area (TPSA) is 90.0 Å². The lowest BCUT2D eigenvalue weighted by Crippen LogP contribution is -2.35. The van der Waals surface area contributed by atoms with Crippen molar-refractivity contribution in [2.75, 3.05) is 13.7 Å². The van der Waals surface area contributed by atoms with Crippen molar-refractivity contribution in [1.82, 2.24) is 4.90 Å². The number of rotatable bonds is 6. The van der Waals surface area contributed by atoms with Crippen molar-refractivity contribution < 1.29 is 28.7 Å². The molecule has 1 atom stereocenters. The normalized spacial score (nSPS) is 16.7. The molecule has 26 heavy (non-hydrogen) atoms. The van der Waals surface area contributed by atoms with Crippen LogP contribution in [0.5, 0.6) is 0 Å². The maximum Gasteiger partial charge on any atom is 0.337 e. The van der Waals surface area contributed by atoms with Crippen LogP contribution in [0.25, 0.3) is 6.08 Å². The maximum absolute atomic E-state index is 12.4. The number of hydrogen-bond donors (Lipinski definition) is 0. The quantitative estimate of drug-likeness (QED) is 0.556.